The van der Waals surface area contributed by atoms with Crippen molar-refractivity contribution in [3.05, 3.63) is 65.2 Å². The Kier molecular flexibility index (Phi) is 5.60. The van der Waals surface area contributed by atoms with E-state index < -0.39 is 11.0 Å². The number of carbonyl (C=O) groups is 2. The standard InChI is InChI=1S/C30H34N2O5/c1-19(33)37-30-15-14-22(32(3)25(34)13-10-20-8-6-5-7-9-20)28-29(30)16-17-31(2)24(30)18-21-11-12-23(35-4)27(36-28)26(21)29/h5-13,22,24,28H,14-18H2,1-4H3/b13-10+/t22?,24-,28?,29+,30-/m1/s1. The molecule has 2 aliphatic carbocycles. The number of benzene rings is 2. The molecule has 1 spiro atoms. The highest BCUT2D eigenvalue weighted by molar-refractivity contribution is 5.92. The Hall–Kier alpha value is -3.32. The average molecular weight is 503 g/mol. The van der Waals surface area contributed by atoms with Crippen LogP contribution in [-0.2, 0) is 26.2 Å². The maximum absolute atomic E-state index is 13.4. The summed E-state index contributed by atoms with van der Waals surface area (Å²) < 4.78 is 19.0. The Balaban J connectivity index is 1.45. The minimum Gasteiger partial charge on any atom is -0.493 e. The van der Waals surface area contributed by atoms with Crippen molar-refractivity contribution in [2.45, 2.75) is 61.8 Å². The summed E-state index contributed by atoms with van der Waals surface area (Å²) in [6.07, 6.45) is 6.05. The van der Waals surface area contributed by atoms with E-state index in [1.54, 1.807) is 13.2 Å². The summed E-state index contributed by atoms with van der Waals surface area (Å²) in [5, 5.41) is 0. The summed E-state index contributed by atoms with van der Waals surface area (Å²) in [6.45, 7) is 2.37. The van der Waals surface area contributed by atoms with Gasteiger partial charge in [-0.15, -0.1) is 0 Å². The van der Waals surface area contributed by atoms with Crippen molar-refractivity contribution >= 4 is 18.0 Å². The fourth-order valence-corrected chi connectivity index (χ4v) is 7.72. The first-order valence-corrected chi connectivity index (χ1v) is 13.1. The third-order valence-electron chi connectivity index (χ3n) is 9.25. The van der Waals surface area contributed by atoms with Gasteiger partial charge in [-0.05, 0) is 62.5 Å². The number of methoxy groups -OCH3 is 1. The molecule has 2 bridgehead atoms. The number of amides is 1. The Morgan fingerprint density at radius 1 is 1.16 bits per heavy atom. The molecule has 0 N–H and O–H groups in total. The molecule has 37 heavy (non-hydrogen) atoms. The number of hydrogen-bond donors (Lipinski definition) is 0. The zero-order valence-corrected chi connectivity index (χ0v) is 21.9. The van der Waals surface area contributed by atoms with E-state index >= 15 is 0 Å². The maximum Gasteiger partial charge on any atom is 0.303 e. The molecular weight excluding hydrogens is 468 g/mol. The van der Waals surface area contributed by atoms with Crippen molar-refractivity contribution in [1.29, 1.82) is 0 Å². The van der Waals surface area contributed by atoms with Gasteiger partial charge in [0.05, 0.1) is 24.6 Å². The van der Waals surface area contributed by atoms with Gasteiger partial charge in [0.15, 0.2) is 11.5 Å². The molecule has 1 saturated carbocycles. The second-order valence-electron chi connectivity index (χ2n) is 10.9. The third kappa shape index (κ3) is 3.29. The van der Waals surface area contributed by atoms with Crippen LogP contribution in [0.2, 0.25) is 0 Å². The van der Waals surface area contributed by atoms with Crippen molar-refractivity contribution in [1.82, 2.24) is 9.80 Å². The molecule has 7 heteroatoms. The normalized spacial score (nSPS) is 31.4. The number of piperidine rings is 1. The lowest BCUT2D eigenvalue weighted by Crippen LogP contribution is -2.78. The smallest absolute Gasteiger partial charge is 0.303 e. The van der Waals surface area contributed by atoms with Crippen molar-refractivity contribution in [2.75, 3.05) is 27.7 Å². The quantitative estimate of drug-likeness (QED) is 0.460. The van der Waals surface area contributed by atoms with Gasteiger partial charge < -0.3 is 19.1 Å². The fraction of sp³-hybridized carbons (Fsp3) is 0.467. The first-order valence-electron chi connectivity index (χ1n) is 13.1. The minimum atomic E-state index is -0.721. The lowest BCUT2D eigenvalue weighted by Gasteiger charge is -2.65. The number of hydrogen-bond acceptors (Lipinski definition) is 6. The lowest BCUT2D eigenvalue weighted by atomic mass is 9.48. The van der Waals surface area contributed by atoms with Crippen LogP contribution in [0, 0.1) is 0 Å². The molecule has 0 radical (unpaired) electrons. The Labute approximate surface area is 218 Å². The van der Waals surface area contributed by atoms with E-state index in [0.717, 1.165) is 36.3 Å². The van der Waals surface area contributed by atoms with Gasteiger partial charge >= 0.3 is 5.97 Å². The Morgan fingerprint density at radius 2 is 1.95 bits per heavy atom. The summed E-state index contributed by atoms with van der Waals surface area (Å²) in [4.78, 5) is 30.2. The molecule has 6 rings (SSSR count). The number of nitrogens with zero attached hydrogens (tertiary/aromatic N) is 2. The predicted octanol–water partition coefficient (Wildman–Crippen LogP) is 3.59. The zero-order valence-electron chi connectivity index (χ0n) is 21.9. The van der Waals surface area contributed by atoms with E-state index in [9.17, 15) is 9.59 Å². The minimum absolute atomic E-state index is 0.0445. The molecule has 2 aromatic rings. The molecule has 4 aliphatic rings. The molecule has 1 amide bonds. The predicted molar refractivity (Wildman–Crippen MR) is 140 cm³/mol. The van der Waals surface area contributed by atoms with Crippen LogP contribution in [-0.4, -0.2) is 73.2 Å². The molecule has 5 atom stereocenters. The molecule has 1 saturated heterocycles. The van der Waals surface area contributed by atoms with Gasteiger partial charge in [0.2, 0.25) is 5.91 Å². The second kappa shape index (κ2) is 8.62. The van der Waals surface area contributed by atoms with E-state index in [2.05, 4.69) is 18.0 Å². The average Bonchev–Trinajstić information content (AvgIpc) is 3.24. The van der Waals surface area contributed by atoms with Crippen molar-refractivity contribution in [3.8, 4) is 11.5 Å². The molecule has 2 unspecified atom stereocenters. The molecule has 2 fully saturated rings. The number of likely N-dealkylation sites (tertiary alicyclic amines) is 1. The van der Waals surface area contributed by atoms with Crippen LogP contribution < -0.4 is 9.47 Å². The molecule has 0 aromatic heterocycles. The number of likely N-dealkylation sites (N-methyl/N-ethyl adjacent to an activating group) is 2. The molecular formula is C30H34N2O5. The largest absolute Gasteiger partial charge is 0.493 e. The van der Waals surface area contributed by atoms with Crippen LogP contribution in [0.4, 0.5) is 0 Å². The van der Waals surface area contributed by atoms with Crippen molar-refractivity contribution in [2.24, 2.45) is 0 Å². The molecule has 2 heterocycles. The first-order chi connectivity index (χ1) is 17.8. The van der Waals surface area contributed by atoms with Crippen LogP contribution >= 0.6 is 0 Å². The Bertz CT molecular complexity index is 1280. The van der Waals surface area contributed by atoms with Crippen LogP contribution in [0.3, 0.4) is 0 Å². The van der Waals surface area contributed by atoms with Crippen LogP contribution in [0.5, 0.6) is 11.5 Å². The van der Waals surface area contributed by atoms with Crippen LogP contribution in [0.15, 0.2) is 48.5 Å². The highest BCUT2D eigenvalue weighted by Gasteiger charge is 2.75. The zero-order chi connectivity index (χ0) is 25.9. The van der Waals surface area contributed by atoms with Gasteiger partial charge in [-0.25, -0.2) is 0 Å². The summed E-state index contributed by atoms with van der Waals surface area (Å²) in [5.41, 5.74) is 2.05. The van der Waals surface area contributed by atoms with E-state index in [4.69, 9.17) is 14.2 Å². The van der Waals surface area contributed by atoms with Gasteiger partial charge in [-0.1, -0.05) is 36.4 Å². The maximum atomic E-state index is 13.4. The first kappa shape index (κ1) is 24.0. The molecule has 2 aromatic carbocycles. The Morgan fingerprint density at radius 3 is 2.68 bits per heavy atom. The number of esters is 1. The lowest BCUT2D eigenvalue weighted by molar-refractivity contribution is -0.220. The number of rotatable bonds is 5. The van der Waals surface area contributed by atoms with Crippen molar-refractivity contribution in [3.63, 3.8) is 0 Å². The van der Waals surface area contributed by atoms with Gasteiger partial charge in [0.1, 0.15) is 11.7 Å². The fourth-order valence-electron chi connectivity index (χ4n) is 7.72. The van der Waals surface area contributed by atoms with Gasteiger partial charge in [-0.3, -0.25) is 14.5 Å². The van der Waals surface area contributed by atoms with E-state index in [1.807, 2.05) is 54.4 Å². The van der Waals surface area contributed by atoms with E-state index in [1.165, 1.54) is 12.5 Å². The summed E-state index contributed by atoms with van der Waals surface area (Å²) >= 11 is 0. The topological polar surface area (TPSA) is 68.3 Å². The molecule has 7 nitrogen and oxygen atoms in total. The van der Waals surface area contributed by atoms with Crippen LogP contribution in [0.25, 0.3) is 6.08 Å². The van der Waals surface area contributed by atoms with E-state index in [-0.39, 0.29) is 30.1 Å². The molecule has 2 aliphatic heterocycles. The van der Waals surface area contributed by atoms with Gasteiger partial charge in [-0.2, -0.15) is 0 Å². The molecule has 194 valence electrons. The highest BCUT2D eigenvalue weighted by atomic mass is 16.6. The van der Waals surface area contributed by atoms with E-state index in [0.29, 0.717) is 18.6 Å². The second-order valence-corrected chi connectivity index (χ2v) is 10.9. The third-order valence-corrected chi connectivity index (χ3v) is 9.25. The van der Waals surface area contributed by atoms with Gasteiger partial charge in [0, 0.05) is 25.6 Å². The summed E-state index contributed by atoms with van der Waals surface area (Å²) in [5.74, 6) is 1.09. The summed E-state index contributed by atoms with van der Waals surface area (Å²) in [7, 11) is 5.64. The van der Waals surface area contributed by atoms with Crippen LogP contribution in [0.1, 0.15) is 42.9 Å². The van der Waals surface area contributed by atoms with Gasteiger partial charge in [0.25, 0.3) is 0 Å². The highest BCUT2D eigenvalue weighted by Crippen LogP contribution is 2.67. The monoisotopic (exact) mass is 502 g/mol. The number of carbonyl (C=O) groups excluding carboxylic acids is 2. The summed E-state index contributed by atoms with van der Waals surface area (Å²) in [6, 6.07) is 13.8. The van der Waals surface area contributed by atoms with Crippen molar-refractivity contribution < 1.29 is 23.8 Å². The number of ether oxygens (including phenoxy) is 3. The SMILES string of the molecule is COc1ccc2c3c1OC1C(N(C)C(=O)/C=C/c4ccccc4)CC[C@@]4(OC(C)=O)[C@@H](C2)N(C)CC[C@]314.